The third-order valence-corrected chi connectivity index (χ3v) is 5.07. The summed E-state index contributed by atoms with van der Waals surface area (Å²) in [5.74, 6) is 0.816. The molecular weight excluding hydrogens is 375 g/mol. The van der Waals surface area contributed by atoms with Crippen LogP contribution in [0.15, 0.2) is 28.7 Å². The zero-order chi connectivity index (χ0) is 18.8. The van der Waals surface area contributed by atoms with Gasteiger partial charge in [0.05, 0.1) is 16.3 Å². The first-order valence-electron chi connectivity index (χ1n) is 8.50. The molecule has 1 unspecified atom stereocenters. The van der Waals surface area contributed by atoms with E-state index in [1.165, 1.54) is 0 Å². The van der Waals surface area contributed by atoms with E-state index in [0.29, 0.717) is 45.8 Å². The van der Waals surface area contributed by atoms with Crippen LogP contribution in [0.25, 0.3) is 0 Å². The van der Waals surface area contributed by atoms with E-state index in [1.54, 1.807) is 43.0 Å². The number of nitrogens with zero attached hydrogens (tertiary/aromatic N) is 1. The Morgan fingerprint density at radius 1 is 1.19 bits per heavy atom. The van der Waals surface area contributed by atoms with Gasteiger partial charge in [-0.3, -0.25) is 9.59 Å². The molecule has 0 aliphatic carbocycles. The van der Waals surface area contributed by atoms with Gasteiger partial charge in [0.1, 0.15) is 17.6 Å². The summed E-state index contributed by atoms with van der Waals surface area (Å²) in [6, 6.07) is 6.06. The molecule has 138 valence electrons. The number of hydrogen-bond donors (Lipinski definition) is 1. The van der Waals surface area contributed by atoms with E-state index >= 15 is 0 Å². The molecule has 1 N–H and O–H groups in total. The van der Waals surface area contributed by atoms with Crippen molar-refractivity contribution in [3.8, 4) is 0 Å². The van der Waals surface area contributed by atoms with Gasteiger partial charge in [-0.05, 0) is 57.4 Å². The van der Waals surface area contributed by atoms with Gasteiger partial charge >= 0.3 is 0 Å². The van der Waals surface area contributed by atoms with E-state index in [1.807, 2.05) is 0 Å². The molecule has 0 saturated carbocycles. The number of carbonyl (C=O) groups is 2. The Bertz CT molecular complexity index is 847. The monoisotopic (exact) mass is 394 g/mol. The molecule has 26 heavy (non-hydrogen) atoms. The van der Waals surface area contributed by atoms with Crippen LogP contribution in [0.3, 0.4) is 0 Å². The highest BCUT2D eigenvalue weighted by Crippen LogP contribution is 2.28. The van der Waals surface area contributed by atoms with Crippen LogP contribution in [0.1, 0.15) is 41.1 Å². The maximum Gasteiger partial charge on any atom is 0.258 e. The van der Waals surface area contributed by atoms with Gasteiger partial charge in [-0.15, -0.1) is 0 Å². The summed E-state index contributed by atoms with van der Waals surface area (Å²) < 4.78 is 5.47. The highest BCUT2D eigenvalue weighted by molar-refractivity contribution is 6.36. The van der Waals surface area contributed by atoms with Crippen LogP contribution in [0, 0.1) is 13.8 Å². The molecule has 3 rings (SSSR count). The molecule has 2 aromatic rings. The molecule has 1 aromatic carbocycles. The molecular formula is C19H20Cl2N2O3. The van der Waals surface area contributed by atoms with Crippen molar-refractivity contribution in [3.63, 3.8) is 0 Å². The first-order valence-corrected chi connectivity index (χ1v) is 9.26. The second kappa shape index (κ2) is 7.72. The number of anilines is 1. The first-order chi connectivity index (χ1) is 12.4. The molecule has 1 atom stereocenters. The first kappa shape index (κ1) is 18.8. The predicted molar refractivity (Wildman–Crippen MR) is 102 cm³/mol. The standard InChI is InChI=1S/C19H20Cl2N2O3/c1-11-9-14(12(2)26-11)19(25)23-8-4-3-5-17(23)18(24)22-16-7-6-13(20)10-15(16)21/h6-7,9-10,17H,3-5,8H2,1-2H3,(H,22,24). The average Bonchev–Trinajstić information content (AvgIpc) is 2.95. The van der Waals surface area contributed by atoms with Gasteiger partial charge in [-0.25, -0.2) is 0 Å². The Hall–Kier alpha value is -1.98. The van der Waals surface area contributed by atoms with E-state index in [2.05, 4.69) is 5.32 Å². The normalized spacial score (nSPS) is 17.2. The summed E-state index contributed by atoms with van der Waals surface area (Å²) in [4.78, 5) is 27.4. The Labute approximate surface area is 162 Å². The molecule has 1 saturated heterocycles. The van der Waals surface area contributed by atoms with E-state index in [0.717, 1.165) is 12.8 Å². The minimum Gasteiger partial charge on any atom is -0.466 e. The second-order valence-corrected chi connectivity index (χ2v) is 7.29. The van der Waals surface area contributed by atoms with Crippen LogP contribution < -0.4 is 5.32 Å². The zero-order valence-corrected chi connectivity index (χ0v) is 16.2. The number of halogens is 2. The van der Waals surface area contributed by atoms with Crippen LogP contribution >= 0.6 is 23.2 Å². The minimum atomic E-state index is -0.544. The van der Waals surface area contributed by atoms with Crippen LogP contribution in [-0.4, -0.2) is 29.3 Å². The van der Waals surface area contributed by atoms with Crippen molar-refractivity contribution in [1.82, 2.24) is 4.90 Å². The van der Waals surface area contributed by atoms with Gasteiger partial charge in [-0.1, -0.05) is 23.2 Å². The number of furan rings is 1. The highest BCUT2D eigenvalue weighted by Gasteiger charge is 2.34. The minimum absolute atomic E-state index is 0.179. The fourth-order valence-electron chi connectivity index (χ4n) is 3.25. The van der Waals surface area contributed by atoms with Crippen LogP contribution in [0.2, 0.25) is 10.0 Å². The van der Waals surface area contributed by atoms with E-state index in [9.17, 15) is 9.59 Å². The lowest BCUT2D eigenvalue weighted by Crippen LogP contribution is -2.50. The fourth-order valence-corrected chi connectivity index (χ4v) is 3.71. The molecule has 2 heterocycles. The molecule has 0 bridgehead atoms. The van der Waals surface area contributed by atoms with Gasteiger partial charge in [0.15, 0.2) is 0 Å². The molecule has 7 heteroatoms. The Morgan fingerprint density at radius 2 is 1.96 bits per heavy atom. The van der Waals surface area contributed by atoms with Crippen molar-refractivity contribution in [2.45, 2.75) is 39.2 Å². The number of hydrogen-bond acceptors (Lipinski definition) is 3. The molecule has 0 spiro atoms. The number of likely N-dealkylation sites (tertiary alicyclic amines) is 1. The molecule has 1 fully saturated rings. The second-order valence-electron chi connectivity index (χ2n) is 6.45. The van der Waals surface area contributed by atoms with Gasteiger partial charge in [-0.2, -0.15) is 0 Å². The SMILES string of the molecule is Cc1cc(C(=O)N2CCCCC2C(=O)Nc2ccc(Cl)cc2Cl)c(C)o1. The molecule has 2 amide bonds. The summed E-state index contributed by atoms with van der Waals surface area (Å²) in [5.41, 5.74) is 0.987. The molecule has 5 nitrogen and oxygen atoms in total. The van der Waals surface area contributed by atoms with Crippen LogP contribution in [-0.2, 0) is 4.79 Å². The van der Waals surface area contributed by atoms with Gasteiger partial charge < -0.3 is 14.6 Å². The van der Waals surface area contributed by atoms with Crippen LogP contribution in [0.4, 0.5) is 5.69 Å². The number of aryl methyl sites for hydroxylation is 2. The predicted octanol–water partition coefficient (Wildman–Crippen LogP) is 4.84. The maximum absolute atomic E-state index is 13.0. The van der Waals surface area contributed by atoms with Crippen molar-refractivity contribution in [3.05, 3.63) is 51.4 Å². The lowest BCUT2D eigenvalue weighted by molar-refractivity contribution is -0.121. The number of piperidine rings is 1. The number of nitrogens with one attached hydrogen (secondary N) is 1. The quantitative estimate of drug-likeness (QED) is 0.809. The summed E-state index contributed by atoms with van der Waals surface area (Å²) in [6.07, 6.45) is 2.37. The van der Waals surface area contributed by atoms with Crippen molar-refractivity contribution in [2.24, 2.45) is 0 Å². The summed E-state index contributed by atoms with van der Waals surface area (Å²) in [5, 5.41) is 3.67. The number of benzene rings is 1. The fraction of sp³-hybridized carbons (Fsp3) is 0.368. The summed E-state index contributed by atoms with van der Waals surface area (Å²) >= 11 is 12.0. The lowest BCUT2D eigenvalue weighted by atomic mass is 10.00. The van der Waals surface area contributed by atoms with E-state index in [-0.39, 0.29) is 11.8 Å². The van der Waals surface area contributed by atoms with E-state index in [4.69, 9.17) is 27.6 Å². The molecule has 1 aliphatic rings. The zero-order valence-electron chi connectivity index (χ0n) is 14.6. The van der Waals surface area contributed by atoms with Gasteiger partial charge in [0.25, 0.3) is 5.91 Å². The van der Waals surface area contributed by atoms with Crippen molar-refractivity contribution < 1.29 is 14.0 Å². The van der Waals surface area contributed by atoms with E-state index < -0.39 is 6.04 Å². The topological polar surface area (TPSA) is 62.6 Å². The smallest absolute Gasteiger partial charge is 0.258 e. The molecule has 1 aromatic heterocycles. The Balaban J connectivity index is 1.81. The Morgan fingerprint density at radius 3 is 2.62 bits per heavy atom. The largest absolute Gasteiger partial charge is 0.466 e. The van der Waals surface area contributed by atoms with Crippen LogP contribution in [0.5, 0.6) is 0 Å². The highest BCUT2D eigenvalue weighted by atomic mass is 35.5. The number of carbonyl (C=O) groups excluding carboxylic acids is 2. The molecule has 0 radical (unpaired) electrons. The maximum atomic E-state index is 13.0. The number of rotatable bonds is 3. The van der Waals surface area contributed by atoms with Crippen molar-refractivity contribution >= 4 is 40.7 Å². The van der Waals surface area contributed by atoms with Crippen molar-refractivity contribution in [1.29, 1.82) is 0 Å². The lowest BCUT2D eigenvalue weighted by Gasteiger charge is -2.34. The summed E-state index contributed by atoms with van der Waals surface area (Å²) in [7, 11) is 0. The van der Waals surface area contributed by atoms with Gasteiger partial charge in [0, 0.05) is 11.6 Å². The van der Waals surface area contributed by atoms with Crippen molar-refractivity contribution in [2.75, 3.05) is 11.9 Å². The molecule has 1 aliphatic heterocycles. The third-order valence-electron chi connectivity index (χ3n) is 4.53. The third kappa shape index (κ3) is 3.89. The number of amides is 2. The average molecular weight is 395 g/mol. The van der Waals surface area contributed by atoms with Gasteiger partial charge in [0.2, 0.25) is 5.91 Å². The summed E-state index contributed by atoms with van der Waals surface area (Å²) in [6.45, 7) is 4.09. The Kier molecular flexibility index (Phi) is 5.58.